The lowest BCUT2D eigenvalue weighted by molar-refractivity contribution is 0.408. The Labute approximate surface area is 376 Å². The molecule has 0 spiro atoms. The number of azo groups is 2. The lowest BCUT2D eigenvalue weighted by atomic mass is 9.93. The van der Waals surface area contributed by atoms with Gasteiger partial charge in [0.15, 0.2) is 56.6 Å². The van der Waals surface area contributed by atoms with Crippen molar-refractivity contribution in [2.24, 2.45) is 52.2 Å². The number of anilines is 2. The zero-order valence-electron chi connectivity index (χ0n) is 34.3. The van der Waals surface area contributed by atoms with Gasteiger partial charge in [0, 0.05) is 23.2 Å². The van der Waals surface area contributed by atoms with Gasteiger partial charge >= 0.3 is 0 Å². The summed E-state index contributed by atoms with van der Waals surface area (Å²) in [6, 6.07) is 15.4. The lowest BCUT2D eigenvalue weighted by Gasteiger charge is -2.32. The molecule has 14 N–H and O–H groups in total. The molecule has 6 aromatic rings. The standard InChI is InChI=1S/2C19H20N8O4S2/c2*20-9-6-10(7-9)32(28,29)14-5-4-11(12-2-1-3-13-16(12)26-19(21)25-13)15(17(14)33(22,30)31)18-23-8-24-27-18/h2*1-5,9-10H,6-8,20H2,(H3,21,25,26)(H2,22,30,31). The Balaban J connectivity index is 0.000000166. The summed E-state index contributed by atoms with van der Waals surface area (Å²) < 4.78 is 105. The van der Waals surface area contributed by atoms with E-state index in [-0.39, 0.29) is 85.8 Å². The van der Waals surface area contributed by atoms with Crippen molar-refractivity contribution in [3.63, 3.8) is 0 Å². The molecule has 28 heteroatoms. The number of aromatic amines is 2. The minimum Gasteiger partial charge on any atom is -0.369 e. The van der Waals surface area contributed by atoms with Crippen LogP contribution in [0.4, 0.5) is 11.9 Å². The first-order chi connectivity index (χ1) is 31.1. The normalized spacial score (nSPS) is 20.7. The number of aliphatic imine (C=N–C) groups is 2. The first-order valence-electron chi connectivity index (χ1n) is 19.9. The average Bonchev–Trinajstić information content (AvgIpc) is 4.07. The van der Waals surface area contributed by atoms with Crippen LogP contribution < -0.4 is 33.2 Å². The Morgan fingerprint density at radius 1 is 0.515 bits per heavy atom. The lowest BCUT2D eigenvalue weighted by Crippen LogP contribution is -2.45. The Morgan fingerprint density at radius 3 is 1.21 bits per heavy atom. The molecule has 0 amide bonds. The van der Waals surface area contributed by atoms with Crippen LogP contribution in [0.2, 0.25) is 0 Å². The SMILES string of the molecule is Nc1nc2c(-c3ccc(S(=O)(=O)C4CC(N)C4)c(S(N)(=O)=O)c3C3=NCN=N3)cccc2[nH]1.Nc1nc2c(-c3ccc(S(=O)(=O)C4CC(N)C4)c(S(N)(=O)=O)c3C3=NCN=N3)cccc2[nH]1. The van der Waals surface area contributed by atoms with Crippen LogP contribution in [-0.4, -0.2) is 101 Å². The zero-order chi connectivity index (χ0) is 47.1. The summed E-state index contributed by atoms with van der Waals surface area (Å²) in [5.74, 6) is 0.280. The summed E-state index contributed by atoms with van der Waals surface area (Å²) in [4.78, 5) is 20.8. The molecule has 2 fully saturated rings. The summed E-state index contributed by atoms with van der Waals surface area (Å²) in [5.41, 5.74) is 26.9. The van der Waals surface area contributed by atoms with Crippen molar-refractivity contribution in [3.8, 4) is 22.3 Å². The second kappa shape index (κ2) is 16.2. The minimum atomic E-state index is -4.54. The molecular formula is C38H40N16O8S4. The number of sulfonamides is 2. The van der Waals surface area contributed by atoms with Crippen LogP contribution in [0, 0.1) is 0 Å². The minimum absolute atomic E-state index is 0.0210. The number of amidine groups is 2. The van der Waals surface area contributed by atoms with Crippen LogP contribution in [0.3, 0.4) is 0 Å². The van der Waals surface area contributed by atoms with Crippen molar-refractivity contribution in [2.45, 2.75) is 67.8 Å². The number of nitrogens with zero attached hydrogens (tertiary/aromatic N) is 8. The van der Waals surface area contributed by atoms with Gasteiger partial charge in [-0.1, -0.05) is 36.4 Å². The molecule has 2 aromatic heterocycles. The molecular weight excluding hydrogens is 937 g/mol. The maximum Gasteiger partial charge on any atom is 0.240 e. The van der Waals surface area contributed by atoms with E-state index < -0.39 is 69.8 Å². The van der Waals surface area contributed by atoms with E-state index in [0.717, 1.165) is 0 Å². The fourth-order valence-electron chi connectivity index (χ4n) is 8.36. The third-order valence-corrected chi connectivity index (χ3v) is 18.2. The number of fused-ring (bicyclic) bond motifs is 2. The van der Waals surface area contributed by atoms with Crippen LogP contribution in [-0.2, 0) is 39.7 Å². The van der Waals surface area contributed by atoms with Crippen LogP contribution in [0.5, 0.6) is 0 Å². The summed E-state index contributed by atoms with van der Waals surface area (Å²) in [6.07, 6.45) is 0.929. The number of nitrogen functional groups attached to an aromatic ring is 2. The van der Waals surface area contributed by atoms with Crippen molar-refractivity contribution < 1.29 is 33.7 Å². The Morgan fingerprint density at radius 2 is 0.894 bits per heavy atom. The topological polar surface area (TPSA) is 424 Å². The third-order valence-electron chi connectivity index (χ3n) is 11.6. The molecule has 344 valence electrons. The maximum absolute atomic E-state index is 13.4. The predicted octanol–water partition coefficient (Wildman–Crippen LogP) is 1.79. The highest BCUT2D eigenvalue weighted by Crippen LogP contribution is 2.42. The van der Waals surface area contributed by atoms with Crippen LogP contribution in [0.25, 0.3) is 44.3 Å². The number of hydrogen-bond donors (Lipinski definition) is 8. The smallest absolute Gasteiger partial charge is 0.240 e. The van der Waals surface area contributed by atoms with Gasteiger partial charge in [-0.05, 0) is 61.1 Å². The molecule has 4 aromatic carbocycles. The van der Waals surface area contributed by atoms with Gasteiger partial charge in [0.1, 0.15) is 9.79 Å². The third kappa shape index (κ3) is 7.82. The van der Waals surface area contributed by atoms with Crippen molar-refractivity contribution in [1.29, 1.82) is 0 Å². The molecule has 2 aliphatic heterocycles. The summed E-state index contributed by atoms with van der Waals surface area (Å²) in [6.45, 7) is -0.0420. The van der Waals surface area contributed by atoms with Crippen molar-refractivity contribution in [1.82, 2.24) is 19.9 Å². The van der Waals surface area contributed by atoms with Crippen molar-refractivity contribution in [3.05, 3.63) is 71.8 Å². The molecule has 4 aliphatic rings. The number of sulfone groups is 2. The molecule has 0 radical (unpaired) electrons. The van der Waals surface area contributed by atoms with Gasteiger partial charge in [0.2, 0.25) is 20.0 Å². The van der Waals surface area contributed by atoms with Crippen molar-refractivity contribution >= 4 is 85.4 Å². The summed E-state index contributed by atoms with van der Waals surface area (Å²) in [5, 5.41) is 25.1. The van der Waals surface area contributed by atoms with Gasteiger partial charge in [0.05, 0.1) is 53.5 Å². The largest absolute Gasteiger partial charge is 0.369 e. The predicted molar refractivity (Wildman–Crippen MR) is 244 cm³/mol. The monoisotopic (exact) mass is 976 g/mol. The van der Waals surface area contributed by atoms with E-state index in [1.165, 1.54) is 24.3 Å². The van der Waals surface area contributed by atoms with Gasteiger partial charge in [0.25, 0.3) is 0 Å². The number of nitrogens with one attached hydrogen (secondary N) is 2. The number of primary sulfonamides is 2. The van der Waals surface area contributed by atoms with E-state index in [4.69, 9.17) is 33.2 Å². The summed E-state index contributed by atoms with van der Waals surface area (Å²) in [7, 11) is -17.2. The number of nitrogens with two attached hydrogens (primary N) is 6. The van der Waals surface area contributed by atoms with Crippen LogP contribution in [0.15, 0.2) is 111 Å². The first-order valence-corrected chi connectivity index (χ1v) is 26.1. The van der Waals surface area contributed by atoms with Gasteiger partial charge in [-0.3, -0.25) is 0 Å². The maximum atomic E-state index is 13.4. The average molecular weight is 977 g/mol. The molecule has 0 saturated heterocycles. The van der Waals surface area contributed by atoms with E-state index in [9.17, 15) is 33.7 Å². The molecule has 0 atom stereocenters. The van der Waals surface area contributed by atoms with Gasteiger partial charge in [-0.25, -0.2) is 63.9 Å². The number of aromatic nitrogens is 4. The number of imidazole rings is 2. The number of rotatable bonds is 10. The fourth-order valence-corrected chi connectivity index (χ4v) is 15.4. The molecule has 2 saturated carbocycles. The van der Waals surface area contributed by atoms with E-state index in [2.05, 4.69) is 50.4 Å². The molecule has 2 aliphatic carbocycles. The van der Waals surface area contributed by atoms with Crippen molar-refractivity contribution in [2.75, 3.05) is 24.8 Å². The highest BCUT2D eigenvalue weighted by Gasteiger charge is 2.43. The highest BCUT2D eigenvalue weighted by atomic mass is 32.2. The molecule has 66 heavy (non-hydrogen) atoms. The number of para-hydroxylation sites is 2. The number of benzene rings is 4. The molecule has 0 bridgehead atoms. The quantitative estimate of drug-likeness (QED) is 0.0971. The molecule has 0 unspecified atom stereocenters. The second-order valence-corrected chi connectivity index (χ2v) is 23.3. The van der Waals surface area contributed by atoms with Gasteiger partial charge < -0.3 is 32.9 Å². The fraction of sp³-hybridized carbons (Fsp3) is 0.263. The number of hydrogen-bond acceptors (Lipinski definition) is 20. The van der Waals surface area contributed by atoms with E-state index in [0.29, 0.717) is 44.3 Å². The molecule has 10 rings (SSSR count). The van der Waals surface area contributed by atoms with Crippen LogP contribution in [0.1, 0.15) is 36.8 Å². The second-order valence-electron chi connectivity index (χ2n) is 15.9. The number of H-pyrrole nitrogens is 2. The molecule has 24 nitrogen and oxygen atoms in total. The Bertz CT molecular complexity index is 3370. The first kappa shape index (κ1) is 44.8. The Hall–Kier alpha value is -6.40. The van der Waals surface area contributed by atoms with E-state index in [1.54, 1.807) is 36.4 Å². The van der Waals surface area contributed by atoms with Gasteiger partial charge in [-0.2, -0.15) is 10.2 Å². The molecule has 4 heterocycles. The van der Waals surface area contributed by atoms with Gasteiger partial charge in [-0.15, -0.1) is 10.2 Å². The van der Waals surface area contributed by atoms with Crippen LogP contribution >= 0.6 is 0 Å². The zero-order valence-corrected chi connectivity index (χ0v) is 37.5. The highest BCUT2D eigenvalue weighted by molar-refractivity contribution is 7.94. The van der Waals surface area contributed by atoms with E-state index in [1.807, 2.05) is 0 Å². The Kier molecular flexibility index (Phi) is 11.0. The van der Waals surface area contributed by atoms with E-state index >= 15 is 0 Å². The summed E-state index contributed by atoms with van der Waals surface area (Å²) >= 11 is 0.